The molecule has 3 rings (SSSR count). The molecule has 0 spiro atoms. The number of halogens is 2. The van der Waals surface area contributed by atoms with Crippen molar-refractivity contribution in [3.05, 3.63) is 58.6 Å². The minimum atomic E-state index is -0.733. The molecule has 0 aliphatic heterocycles. The fourth-order valence-electron chi connectivity index (χ4n) is 2.09. The SMILES string of the molecule is N#Cc1cnc2nc(C(N)=O)[c]cc2c1Nc1ccc(F)c(Cl)c1. The summed E-state index contributed by atoms with van der Waals surface area (Å²) in [6.45, 7) is 0. The molecule has 0 unspecified atom stereocenters. The van der Waals surface area contributed by atoms with Crippen LogP contribution in [0.25, 0.3) is 11.0 Å². The van der Waals surface area contributed by atoms with E-state index >= 15 is 0 Å². The average molecular weight is 341 g/mol. The lowest BCUT2D eigenvalue weighted by Crippen LogP contribution is -2.13. The smallest absolute Gasteiger partial charge is 0.268 e. The number of hydrogen-bond acceptors (Lipinski definition) is 5. The van der Waals surface area contributed by atoms with Gasteiger partial charge in [-0.2, -0.15) is 5.26 Å². The lowest BCUT2D eigenvalue weighted by Gasteiger charge is -2.11. The van der Waals surface area contributed by atoms with Crippen molar-refractivity contribution >= 4 is 39.9 Å². The van der Waals surface area contributed by atoms with E-state index in [4.69, 9.17) is 17.3 Å². The zero-order chi connectivity index (χ0) is 17.3. The fourth-order valence-corrected chi connectivity index (χ4v) is 2.27. The molecule has 3 aromatic rings. The maximum absolute atomic E-state index is 13.3. The highest BCUT2D eigenvalue weighted by atomic mass is 35.5. The molecule has 0 saturated heterocycles. The molecule has 1 radical (unpaired) electrons. The van der Waals surface area contributed by atoms with E-state index in [0.29, 0.717) is 16.8 Å². The molecular weight excluding hydrogens is 333 g/mol. The maximum Gasteiger partial charge on any atom is 0.268 e. The molecule has 24 heavy (non-hydrogen) atoms. The first kappa shape index (κ1) is 15.6. The topological polar surface area (TPSA) is 105 Å². The largest absolute Gasteiger partial charge is 0.364 e. The van der Waals surface area contributed by atoms with Gasteiger partial charge in [0.25, 0.3) is 5.91 Å². The highest BCUT2D eigenvalue weighted by molar-refractivity contribution is 6.31. The van der Waals surface area contributed by atoms with Gasteiger partial charge in [-0.3, -0.25) is 4.79 Å². The quantitative estimate of drug-likeness (QED) is 0.762. The molecular formula is C16H8ClFN5O. The Bertz CT molecular complexity index is 1020. The minimum absolute atomic E-state index is 0.0578. The van der Waals surface area contributed by atoms with E-state index < -0.39 is 11.7 Å². The summed E-state index contributed by atoms with van der Waals surface area (Å²) in [6.07, 6.45) is 1.31. The van der Waals surface area contributed by atoms with E-state index in [9.17, 15) is 14.4 Å². The van der Waals surface area contributed by atoms with E-state index in [1.165, 1.54) is 30.5 Å². The van der Waals surface area contributed by atoms with Crippen LogP contribution in [-0.4, -0.2) is 15.9 Å². The van der Waals surface area contributed by atoms with Crippen LogP contribution in [-0.2, 0) is 0 Å². The Labute approximate surface area is 140 Å². The van der Waals surface area contributed by atoms with Crippen LogP contribution in [0, 0.1) is 23.2 Å². The predicted octanol–water partition coefficient (Wildman–Crippen LogP) is 2.94. The van der Waals surface area contributed by atoms with Crippen molar-refractivity contribution in [3.63, 3.8) is 0 Å². The lowest BCUT2D eigenvalue weighted by molar-refractivity contribution is 0.0995. The number of fused-ring (bicyclic) bond motifs is 1. The van der Waals surface area contributed by atoms with Crippen LogP contribution in [0.5, 0.6) is 0 Å². The summed E-state index contributed by atoms with van der Waals surface area (Å²) in [6, 6.07) is 10.2. The zero-order valence-electron chi connectivity index (χ0n) is 12.0. The summed E-state index contributed by atoms with van der Waals surface area (Å²) >= 11 is 5.77. The molecule has 3 N–H and O–H groups in total. The second kappa shape index (κ2) is 6.10. The Morgan fingerprint density at radius 1 is 1.46 bits per heavy atom. The van der Waals surface area contributed by atoms with Crippen LogP contribution in [0.15, 0.2) is 30.5 Å². The van der Waals surface area contributed by atoms with E-state index in [2.05, 4.69) is 21.4 Å². The van der Waals surface area contributed by atoms with E-state index in [1.54, 1.807) is 0 Å². The molecule has 0 fully saturated rings. The standard InChI is InChI=1S/C16H8ClFN5O/c17-11-5-9(1-3-12(11)18)22-14-8(6-19)7-21-16-10(14)2-4-13(23-16)15(20)24/h1-3,5,7H,(H2,20,24)(H,21,22,23). The molecule has 0 saturated carbocycles. The first-order valence-electron chi connectivity index (χ1n) is 6.63. The van der Waals surface area contributed by atoms with Crippen molar-refractivity contribution < 1.29 is 9.18 Å². The van der Waals surface area contributed by atoms with Gasteiger partial charge < -0.3 is 11.1 Å². The number of aromatic nitrogens is 2. The summed E-state index contributed by atoms with van der Waals surface area (Å²) in [4.78, 5) is 19.2. The second-order valence-corrected chi connectivity index (χ2v) is 5.17. The summed E-state index contributed by atoms with van der Waals surface area (Å²) in [7, 11) is 0. The molecule has 0 aliphatic carbocycles. The molecule has 2 heterocycles. The number of anilines is 2. The third-order valence-electron chi connectivity index (χ3n) is 3.21. The number of carbonyl (C=O) groups is 1. The zero-order valence-corrected chi connectivity index (χ0v) is 12.7. The molecule has 117 valence electrons. The van der Waals surface area contributed by atoms with Gasteiger partial charge in [0.05, 0.1) is 16.3 Å². The average Bonchev–Trinajstić information content (AvgIpc) is 2.57. The summed E-state index contributed by atoms with van der Waals surface area (Å²) in [5, 5.41) is 12.7. The number of rotatable bonds is 3. The molecule has 0 bridgehead atoms. The molecule has 2 aromatic heterocycles. The Kier molecular flexibility index (Phi) is 3.98. The lowest BCUT2D eigenvalue weighted by atomic mass is 10.1. The number of amides is 1. The van der Waals surface area contributed by atoms with Crippen LogP contribution in [0.4, 0.5) is 15.8 Å². The van der Waals surface area contributed by atoms with Crippen LogP contribution < -0.4 is 11.1 Å². The van der Waals surface area contributed by atoms with Crippen molar-refractivity contribution in [2.75, 3.05) is 5.32 Å². The number of nitrogens with two attached hydrogens (primary N) is 1. The van der Waals surface area contributed by atoms with Crippen molar-refractivity contribution in [3.8, 4) is 6.07 Å². The Hall–Kier alpha value is -3.24. The van der Waals surface area contributed by atoms with Crippen LogP contribution >= 0.6 is 11.6 Å². The van der Waals surface area contributed by atoms with Gasteiger partial charge in [-0.25, -0.2) is 14.4 Å². The molecule has 6 nitrogen and oxygen atoms in total. The normalized spacial score (nSPS) is 10.4. The van der Waals surface area contributed by atoms with E-state index in [-0.39, 0.29) is 21.9 Å². The number of primary amides is 1. The van der Waals surface area contributed by atoms with Crippen molar-refractivity contribution in [2.45, 2.75) is 0 Å². The predicted molar refractivity (Wildman–Crippen MR) is 86.3 cm³/mol. The third kappa shape index (κ3) is 2.83. The number of carbonyl (C=O) groups excluding carboxylic acids is 1. The Morgan fingerprint density at radius 3 is 2.92 bits per heavy atom. The van der Waals surface area contributed by atoms with Crippen LogP contribution in [0.3, 0.4) is 0 Å². The highest BCUT2D eigenvalue weighted by Crippen LogP contribution is 2.29. The Balaban J connectivity index is 2.15. The third-order valence-corrected chi connectivity index (χ3v) is 3.50. The minimum Gasteiger partial charge on any atom is -0.364 e. The van der Waals surface area contributed by atoms with Crippen LogP contribution in [0.2, 0.25) is 5.02 Å². The molecule has 0 aliphatic rings. The van der Waals surface area contributed by atoms with Gasteiger partial charge in [0.15, 0.2) is 5.65 Å². The first-order valence-corrected chi connectivity index (χ1v) is 7.01. The number of nitrogens with zero attached hydrogens (tertiary/aromatic N) is 3. The molecule has 8 heteroatoms. The van der Waals surface area contributed by atoms with Crippen molar-refractivity contribution in [1.82, 2.24) is 9.97 Å². The van der Waals surface area contributed by atoms with Gasteiger partial charge in [0.2, 0.25) is 0 Å². The van der Waals surface area contributed by atoms with Gasteiger partial charge in [-0.05, 0) is 24.3 Å². The van der Waals surface area contributed by atoms with Gasteiger partial charge in [-0.15, -0.1) is 0 Å². The summed E-state index contributed by atoms with van der Waals surface area (Å²) < 4.78 is 13.3. The van der Waals surface area contributed by atoms with Gasteiger partial charge in [0, 0.05) is 23.3 Å². The molecule has 1 amide bonds. The van der Waals surface area contributed by atoms with E-state index in [1.807, 2.05) is 6.07 Å². The number of nitriles is 1. The molecule has 0 atom stereocenters. The summed E-state index contributed by atoms with van der Waals surface area (Å²) in [5.74, 6) is -1.29. The number of pyridine rings is 2. The van der Waals surface area contributed by atoms with Crippen molar-refractivity contribution in [2.24, 2.45) is 5.73 Å². The molecule has 1 aromatic carbocycles. The first-order chi connectivity index (χ1) is 11.5. The van der Waals surface area contributed by atoms with Crippen molar-refractivity contribution in [1.29, 1.82) is 5.26 Å². The van der Waals surface area contributed by atoms with E-state index in [0.717, 1.165) is 0 Å². The monoisotopic (exact) mass is 340 g/mol. The number of nitrogens with one attached hydrogen (secondary N) is 1. The fraction of sp³-hybridized carbons (Fsp3) is 0. The highest BCUT2D eigenvalue weighted by Gasteiger charge is 2.13. The Morgan fingerprint density at radius 2 is 2.25 bits per heavy atom. The second-order valence-electron chi connectivity index (χ2n) is 4.76. The number of hydrogen-bond donors (Lipinski definition) is 2. The number of benzene rings is 1. The van der Waals surface area contributed by atoms with Gasteiger partial charge >= 0.3 is 0 Å². The summed E-state index contributed by atoms with van der Waals surface area (Å²) in [5.41, 5.74) is 6.45. The van der Waals surface area contributed by atoms with Crippen LogP contribution in [0.1, 0.15) is 16.1 Å². The van der Waals surface area contributed by atoms with Gasteiger partial charge in [0.1, 0.15) is 17.6 Å². The van der Waals surface area contributed by atoms with Gasteiger partial charge in [-0.1, -0.05) is 11.6 Å². The maximum atomic E-state index is 13.3.